The van der Waals surface area contributed by atoms with E-state index in [1.54, 1.807) is 0 Å². The predicted molar refractivity (Wildman–Crippen MR) is 91.3 cm³/mol. The second-order valence-electron chi connectivity index (χ2n) is 5.30. The number of nitro benzene ring substituents is 1. The highest BCUT2D eigenvalue weighted by Crippen LogP contribution is 2.21. The van der Waals surface area contributed by atoms with E-state index in [-0.39, 0.29) is 22.7 Å². The van der Waals surface area contributed by atoms with Crippen molar-refractivity contribution in [2.75, 3.05) is 13.7 Å². The van der Waals surface area contributed by atoms with Crippen LogP contribution in [0.3, 0.4) is 0 Å². The van der Waals surface area contributed by atoms with E-state index in [4.69, 9.17) is 16.3 Å². The zero-order valence-corrected chi connectivity index (χ0v) is 14.4. The molecule has 2 aromatic rings. The second-order valence-corrected chi connectivity index (χ2v) is 5.71. The maximum Gasteiger partial charge on any atom is 0.345 e. The molecule has 0 radical (unpaired) electrons. The molecule has 0 N–H and O–H groups in total. The van der Waals surface area contributed by atoms with Crippen LogP contribution in [0.25, 0.3) is 0 Å². The molecular formula is C17H14ClFN2O5. The van der Waals surface area contributed by atoms with Crippen LogP contribution in [-0.4, -0.2) is 35.4 Å². The summed E-state index contributed by atoms with van der Waals surface area (Å²) >= 11 is 5.91. The molecule has 0 heterocycles. The highest BCUT2D eigenvalue weighted by atomic mass is 35.5. The number of carbonyl (C=O) groups excluding carboxylic acids is 2. The molecular weight excluding hydrogens is 367 g/mol. The number of amides is 1. The van der Waals surface area contributed by atoms with Gasteiger partial charge in [0.25, 0.3) is 11.6 Å². The van der Waals surface area contributed by atoms with Gasteiger partial charge in [-0.25, -0.2) is 9.18 Å². The lowest BCUT2D eigenvalue weighted by atomic mass is 10.2. The first-order valence-electron chi connectivity index (χ1n) is 7.38. The average Bonchev–Trinajstić information content (AvgIpc) is 2.62. The molecule has 0 aliphatic rings. The number of hydrogen-bond donors (Lipinski definition) is 0. The summed E-state index contributed by atoms with van der Waals surface area (Å²) in [7, 11) is 1.39. The van der Waals surface area contributed by atoms with Crippen molar-refractivity contribution in [1.29, 1.82) is 0 Å². The van der Waals surface area contributed by atoms with E-state index in [1.165, 1.54) is 43.4 Å². The second kappa shape index (κ2) is 8.39. The van der Waals surface area contributed by atoms with Crippen molar-refractivity contribution >= 4 is 29.2 Å². The lowest BCUT2D eigenvalue weighted by Crippen LogP contribution is -2.31. The van der Waals surface area contributed by atoms with Gasteiger partial charge in [0, 0.05) is 30.2 Å². The van der Waals surface area contributed by atoms with Crippen LogP contribution in [0.1, 0.15) is 15.9 Å². The molecule has 26 heavy (non-hydrogen) atoms. The Morgan fingerprint density at radius 3 is 2.58 bits per heavy atom. The number of rotatable bonds is 6. The summed E-state index contributed by atoms with van der Waals surface area (Å²) in [4.78, 5) is 35.4. The molecule has 0 aliphatic carbocycles. The van der Waals surface area contributed by atoms with Gasteiger partial charge in [-0.3, -0.25) is 14.9 Å². The number of benzene rings is 2. The molecule has 9 heteroatoms. The molecule has 1 amide bonds. The standard InChI is InChI=1S/C17H14ClFN2O5/c1-20(9-12-13(18)6-4-7-14(12)19)16(22)10-26-17(23)11-5-2-3-8-15(11)21(24)25/h2-8H,9-10H2,1H3. The van der Waals surface area contributed by atoms with Crippen molar-refractivity contribution in [3.8, 4) is 0 Å². The summed E-state index contributed by atoms with van der Waals surface area (Å²) in [5.41, 5.74) is -0.545. The summed E-state index contributed by atoms with van der Waals surface area (Å²) in [5, 5.41) is 11.1. The van der Waals surface area contributed by atoms with Gasteiger partial charge in [-0.15, -0.1) is 0 Å². The van der Waals surface area contributed by atoms with Crippen LogP contribution in [-0.2, 0) is 16.1 Å². The zero-order chi connectivity index (χ0) is 19.3. The Morgan fingerprint density at radius 1 is 1.23 bits per heavy atom. The van der Waals surface area contributed by atoms with E-state index in [0.717, 1.165) is 11.0 Å². The quantitative estimate of drug-likeness (QED) is 0.436. The summed E-state index contributed by atoms with van der Waals surface area (Å²) in [6.45, 7) is -0.763. The Hall–Kier alpha value is -3.00. The SMILES string of the molecule is CN(Cc1c(F)cccc1Cl)C(=O)COC(=O)c1ccccc1[N+](=O)[O-]. The molecule has 0 saturated heterocycles. The third-order valence-corrected chi connectivity index (χ3v) is 3.88. The molecule has 0 aliphatic heterocycles. The van der Waals surface area contributed by atoms with Gasteiger partial charge in [0.1, 0.15) is 11.4 Å². The van der Waals surface area contributed by atoms with Gasteiger partial charge in [0.05, 0.1) is 4.92 Å². The minimum absolute atomic E-state index is 0.118. The van der Waals surface area contributed by atoms with Crippen LogP contribution in [0.2, 0.25) is 5.02 Å². The van der Waals surface area contributed by atoms with Crippen molar-refractivity contribution in [2.24, 2.45) is 0 Å². The lowest BCUT2D eigenvalue weighted by molar-refractivity contribution is -0.385. The number of para-hydroxylation sites is 1. The molecule has 0 saturated carbocycles. The Balaban J connectivity index is 2.00. The number of ether oxygens (including phenoxy) is 1. The van der Waals surface area contributed by atoms with Gasteiger partial charge in [-0.1, -0.05) is 29.8 Å². The minimum atomic E-state index is -0.997. The fourth-order valence-corrected chi connectivity index (χ4v) is 2.35. The van der Waals surface area contributed by atoms with E-state index in [2.05, 4.69) is 0 Å². The summed E-state index contributed by atoms with van der Waals surface area (Å²) < 4.78 is 18.6. The maximum absolute atomic E-state index is 13.8. The van der Waals surface area contributed by atoms with Gasteiger partial charge >= 0.3 is 5.97 Å². The Morgan fingerprint density at radius 2 is 1.92 bits per heavy atom. The van der Waals surface area contributed by atoms with Crippen LogP contribution in [0.15, 0.2) is 42.5 Å². The van der Waals surface area contributed by atoms with Gasteiger partial charge in [0.2, 0.25) is 0 Å². The van der Waals surface area contributed by atoms with E-state index in [1.807, 2.05) is 0 Å². The zero-order valence-electron chi connectivity index (χ0n) is 13.6. The number of nitrogens with zero attached hydrogens (tertiary/aromatic N) is 2. The van der Waals surface area contributed by atoms with Gasteiger partial charge in [-0.2, -0.15) is 0 Å². The van der Waals surface area contributed by atoms with Crippen molar-refractivity contribution in [3.05, 3.63) is 74.5 Å². The molecule has 2 rings (SSSR count). The van der Waals surface area contributed by atoms with Crippen LogP contribution < -0.4 is 0 Å². The molecule has 0 aromatic heterocycles. The predicted octanol–water partition coefficient (Wildman–Crippen LogP) is 3.20. The van der Waals surface area contributed by atoms with E-state index < -0.39 is 34.9 Å². The first-order valence-corrected chi connectivity index (χ1v) is 7.76. The minimum Gasteiger partial charge on any atom is -0.452 e. The molecule has 7 nitrogen and oxygen atoms in total. The molecule has 0 spiro atoms. The van der Waals surface area contributed by atoms with Crippen molar-refractivity contribution in [2.45, 2.75) is 6.54 Å². The fourth-order valence-electron chi connectivity index (χ4n) is 2.13. The number of esters is 1. The van der Waals surface area contributed by atoms with Crippen molar-refractivity contribution in [1.82, 2.24) is 4.90 Å². The maximum atomic E-state index is 13.8. The first kappa shape index (κ1) is 19.3. The van der Waals surface area contributed by atoms with Gasteiger partial charge < -0.3 is 9.64 Å². The van der Waals surface area contributed by atoms with Gasteiger partial charge in [-0.05, 0) is 18.2 Å². The average molecular weight is 381 g/mol. The van der Waals surface area contributed by atoms with Crippen LogP contribution in [0, 0.1) is 15.9 Å². The highest BCUT2D eigenvalue weighted by molar-refractivity contribution is 6.31. The third kappa shape index (κ3) is 4.54. The van der Waals surface area contributed by atoms with Crippen molar-refractivity contribution < 1.29 is 23.6 Å². The number of likely N-dealkylation sites (N-methyl/N-ethyl adjacent to an activating group) is 1. The Kier molecular flexibility index (Phi) is 6.24. The van der Waals surface area contributed by atoms with E-state index >= 15 is 0 Å². The number of nitro groups is 1. The topological polar surface area (TPSA) is 89.8 Å². The van der Waals surface area contributed by atoms with Gasteiger partial charge in [0.15, 0.2) is 6.61 Å². The summed E-state index contributed by atoms with van der Waals surface area (Å²) in [5.74, 6) is -2.17. The monoisotopic (exact) mass is 380 g/mol. The Bertz CT molecular complexity index is 839. The van der Waals surface area contributed by atoms with E-state index in [9.17, 15) is 24.1 Å². The number of halogens is 2. The molecule has 0 unspecified atom stereocenters. The number of carbonyl (C=O) groups is 2. The molecule has 2 aromatic carbocycles. The van der Waals surface area contributed by atoms with Crippen molar-refractivity contribution in [3.63, 3.8) is 0 Å². The van der Waals surface area contributed by atoms with Crippen LogP contribution >= 0.6 is 11.6 Å². The fraction of sp³-hybridized carbons (Fsp3) is 0.176. The van der Waals surface area contributed by atoms with Crippen LogP contribution in [0.5, 0.6) is 0 Å². The molecule has 0 fully saturated rings. The summed E-state index contributed by atoms with van der Waals surface area (Å²) in [6, 6.07) is 9.39. The molecule has 0 bridgehead atoms. The first-order chi connectivity index (χ1) is 12.3. The summed E-state index contributed by atoms with van der Waals surface area (Å²) in [6.07, 6.45) is 0. The lowest BCUT2D eigenvalue weighted by Gasteiger charge is -2.18. The van der Waals surface area contributed by atoms with Crippen LogP contribution in [0.4, 0.5) is 10.1 Å². The highest BCUT2D eigenvalue weighted by Gasteiger charge is 2.22. The largest absolute Gasteiger partial charge is 0.452 e. The normalized spacial score (nSPS) is 10.3. The van der Waals surface area contributed by atoms with E-state index in [0.29, 0.717) is 0 Å². The number of hydrogen-bond acceptors (Lipinski definition) is 5. The Labute approximate surface area is 153 Å². The molecule has 0 atom stereocenters. The molecule has 136 valence electrons. The third-order valence-electron chi connectivity index (χ3n) is 3.53. The smallest absolute Gasteiger partial charge is 0.345 e.